The minimum Gasteiger partial charge on any atom is -0.452 e. The Morgan fingerprint density at radius 3 is 2.32 bits per heavy atom. The number of benzene rings is 1. The van der Waals surface area contributed by atoms with E-state index in [9.17, 15) is 23.2 Å². The number of hydrogen-bond donors (Lipinski definition) is 1. The van der Waals surface area contributed by atoms with Gasteiger partial charge in [-0.3, -0.25) is 14.4 Å². The first kappa shape index (κ1) is 21.8. The van der Waals surface area contributed by atoms with Crippen LogP contribution in [0.4, 0.5) is 14.5 Å². The Labute approximate surface area is 163 Å². The topological polar surface area (TPSA) is 75.7 Å². The lowest BCUT2D eigenvalue weighted by Gasteiger charge is -2.35. The molecule has 0 aromatic heterocycles. The average Bonchev–Trinajstić information content (AvgIpc) is 2.62. The second-order valence-corrected chi connectivity index (χ2v) is 8.01. The van der Waals surface area contributed by atoms with E-state index in [4.69, 9.17) is 4.74 Å². The number of ether oxygens (including phenoxy) is 1. The Balaban J connectivity index is 1.85. The summed E-state index contributed by atoms with van der Waals surface area (Å²) in [4.78, 5) is 38.5. The number of carbonyl (C=O) groups is 3. The molecule has 0 saturated carbocycles. The van der Waals surface area contributed by atoms with E-state index in [1.54, 1.807) is 4.90 Å². The maximum Gasteiger partial charge on any atom is 0.309 e. The van der Waals surface area contributed by atoms with Gasteiger partial charge in [-0.15, -0.1) is 0 Å². The van der Waals surface area contributed by atoms with Crippen molar-refractivity contribution in [2.75, 3.05) is 18.4 Å². The number of carbonyl (C=O) groups excluding carboxylic acids is 3. The molecule has 1 atom stereocenters. The predicted molar refractivity (Wildman–Crippen MR) is 99.3 cm³/mol. The normalized spacial score (nSPS) is 16.4. The van der Waals surface area contributed by atoms with Gasteiger partial charge in [-0.05, 0) is 31.9 Å². The van der Waals surface area contributed by atoms with Crippen LogP contribution in [0.3, 0.4) is 0 Å². The number of hydrogen-bond acceptors (Lipinski definition) is 4. The Hall–Kier alpha value is -2.51. The van der Waals surface area contributed by atoms with Crippen LogP contribution in [0.25, 0.3) is 0 Å². The highest BCUT2D eigenvalue weighted by Crippen LogP contribution is 2.24. The van der Waals surface area contributed by atoms with Gasteiger partial charge < -0.3 is 15.0 Å². The van der Waals surface area contributed by atoms with Crippen molar-refractivity contribution in [3.8, 4) is 0 Å². The average molecular weight is 396 g/mol. The van der Waals surface area contributed by atoms with Gasteiger partial charge >= 0.3 is 5.97 Å². The standard InChI is InChI=1S/C20H26F2N2O4/c1-12(17(25)23-16-6-5-14(21)11-15(16)22)28-18(26)13-7-9-24(10-8-13)19(27)20(2,3)4/h5-6,11-13H,7-10H2,1-4H3,(H,23,25)/t12-/m0/s1. The summed E-state index contributed by atoms with van der Waals surface area (Å²) < 4.78 is 31.7. The molecule has 2 rings (SSSR count). The van der Waals surface area contributed by atoms with Crippen molar-refractivity contribution < 1.29 is 27.9 Å². The molecule has 1 aromatic carbocycles. The smallest absolute Gasteiger partial charge is 0.309 e. The van der Waals surface area contributed by atoms with Crippen LogP contribution in [0.15, 0.2) is 18.2 Å². The summed E-state index contributed by atoms with van der Waals surface area (Å²) in [5.74, 6) is -3.27. The molecular formula is C20H26F2N2O4. The van der Waals surface area contributed by atoms with Crippen LogP contribution >= 0.6 is 0 Å². The largest absolute Gasteiger partial charge is 0.452 e. The highest BCUT2D eigenvalue weighted by atomic mass is 19.1. The highest BCUT2D eigenvalue weighted by molar-refractivity contribution is 5.95. The number of likely N-dealkylation sites (tertiary alicyclic amines) is 1. The fourth-order valence-electron chi connectivity index (χ4n) is 2.94. The summed E-state index contributed by atoms with van der Waals surface area (Å²) in [7, 11) is 0. The predicted octanol–water partition coefficient (Wildman–Crippen LogP) is 3.12. The fraction of sp³-hybridized carbons (Fsp3) is 0.550. The van der Waals surface area contributed by atoms with Gasteiger partial charge in [0.15, 0.2) is 6.10 Å². The van der Waals surface area contributed by atoms with Gasteiger partial charge in [0, 0.05) is 24.6 Å². The van der Waals surface area contributed by atoms with Gasteiger partial charge in [-0.1, -0.05) is 20.8 Å². The van der Waals surface area contributed by atoms with Crippen molar-refractivity contribution in [3.63, 3.8) is 0 Å². The van der Waals surface area contributed by atoms with Crippen molar-refractivity contribution >= 4 is 23.5 Å². The molecule has 28 heavy (non-hydrogen) atoms. The summed E-state index contributed by atoms with van der Waals surface area (Å²) in [5, 5.41) is 2.27. The monoisotopic (exact) mass is 396 g/mol. The number of halogens is 2. The quantitative estimate of drug-likeness (QED) is 0.794. The molecular weight excluding hydrogens is 370 g/mol. The van der Waals surface area contributed by atoms with Gasteiger partial charge in [0.25, 0.3) is 5.91 Å². The minimum atomic E-state index is -1.13. The molecule has 1 aromatic rings. The first-order valence-corrected chi connectivity index (χ1v) is 9.25. The van der Waals surface area contributed by atoms with Crippen LogP contribution in [-0.4, -0.2) is 41.9 Å². The molecule has 0 aliphatic carbocycles. The van der Waals surface area contributed by atoms with Crippen LogP contribution in [0, 0.1) is 23.0 Å². The van der Waals surface area contributed by atoms with Crippen LogP contribution in [0.1, 0.15) is 40.5 Å². The third-order valence-electron chi connectivity index (χ3n) is 4.61. The Kier molecular flexibility index (Phi) is 6.74. The lowest BCUT2D eigenvalue weighted by atomic mass is 9.91. The summed E-state index contributed by atoms with van der Waals surface area (Å²) in [6, 6.07) is 2.76. The van der Waals surface area contributed by atoms with Crippen LogP contribution < -0.4 is 5.32 Å². The molecule has 1 aliphatic heterocycles. The summed E-state index contributed by atoms with van der Waals surface area (Å²) in [6.07, 6.45) is -0.213. The maximum absolute atomic E-state index is 13.6. The summed E-state index contributed by atoms with van der Waals surface area (Å²) in [6.45, 7) is 7.83. The molecule has 1 heterocycles. The number of nitrogens with one attached hydrogen (secondary N) is 1. The SMILES string of the molecule is C[C@H](OC(=O)C1CCN(C(=O)C(C)(C)C)CC1)C(=O)Nc1ccc(F)cc1F. The highest BCUT2D eigenvalue weighted by Gasteiger charge is 2.34. The molecule has 1 saturated heterocycles. The molecule has 0 spiro atoms. The van der Waals surface area contributed by atoms with Crippen LogP contribution in [0.2, 0.25) is 0 Å². The molecule has 1 aliphatic rings. The number of rotatable bonds is 4. The second-order valence-electron chi connectivity index (χ2n) is 8.01. The fourth-order valence-corrected chi connectivity index (χ4v) is 2.94. The lowest BCUT2D eigenvalue weighted by Crippen LogP contribution is -2.45. The molecule has 0 unspecified atom stereocenters. The second kappa shape index (κ2) is 8.67. The van der Waals surface area contributed by atoms with Gasteiger partial charge in [-0.25, -0.2) is 8.78 Å². The van der Waals surface area contributed by atoms with Gasteiger partial charge in [0.2, 0.25) is 5.91 Å². The first-order valence-electron chi connectivity index (χ1n) is 9.25. The molecule has 1 fully saturated rings. The maximum atomic E-state index is 13.6. The van der Waals surface area contributed by atoms with E-state index in [0.717, 1.165) is 12.1 Å². The van der Waals surface area contributed by atoms with E-state index in [-0.39, 0.29) is 11.6 Å². The number of anilines is 1. The molecule has 154 valence electrons. The summed E-state index contributed by atoms with van der Waals surface area (Å²) in [5.41, 5.74) is -0.668. The third-order valence-corrected chi connectivity index (χ3v) is 4.61. The molecule has 8 heteroatoms. The van der Waals surface area contributed by atoms with E-state index >= 15 is 0 Å². The van der Waals surface area contributed by atoms with Crippen molar-refractivity contribution in [2.45, 2.75) is 46.6 Å². The van der Waals surface area contributed by atoms with Crippen LogP contribution in [-0.2, 0) is 19.1 Å². The van der Waals surface area contributed by atoms with Crippen molar-refractivity contribution in [2.24, 2.45) is 11.3 Å². The third kappa shape index (κ3) is 5.50. The zero-order chi connectivity index (χ0) is 21.1. The van der Waals surface area contributed by atoms with E-state index < -0.39 is 40.9 Å². The number of amides is 2. The molecule has 6 nitrogen and oxygen atoms in total. The van der Waals surface area contributed by atoms with Gasteiger partial charge in [0.05, 0.1) is 11.6 Å². The molecule has 1 N–H and O–H groups in total. The first-order chi connectivity index (χ1) is 13.0. The lowest BCUT2D eigenvalue weighted by molar-refractivity contribution is -0.160. The van der Waals surface area contributed by atoms with Gasteiger partial charge in [0.1, 0.15) is 11.6 Å². The van der Waals surface area contributed by atoms with Crippen molar-refractivity contribution in [1.29, 1.82) is 0 Å². The van der Waals surface area contributed by atoms with E-state index in [1.165, 1.54) is 6.92 Å². The van der Waals surface area contributed by atoms with E-state index in [0.29, 0.717) is 32.0 Å². The van der Waals surface area contributed by atoms with Crippen LogP contribution in [0.5, 0.6) is 0 Å². The summed E-state index contributed by atoms with van der Waals surface area (Å²) >= 11 is 0. The van der Waals surface area contributed by atoms with E-state index in [2.05, 4.69) is 5.32 Å². The zero-order valence-corrected chi connectivity index (χ0v) is 16.6. The number of esters is 1. The Morgan fingerprint density at radius 2 is 1.79 bits per heavy atom. The number of nitrogens with zero attached hydrogens (tertiary/aromatic N) is 1. The molecule has 2 amide bonds. The van der Waals surface area contributed by atoms with Crippen molar-refractivity contribution in [3.05, 3.63) is 29.8 Å². The molecule has 0 bridgehead atoms. The van der Waals surface area contributed by atoms with E-state index in [1.807, 2.05) is 20.8 Å². The van der Waals surface area contributed by atoms with Gasteiger partial charge in [-0.2, -0.15) is 0 Å². The molecule has 0 radical (unpaired) electrons. The Morgan fingerprint density at radius 1 is 1.18 bits per heavy atom. The number of piperidine rings is 1. The van der Waals surface area contributed by atoms with Crippen molar-refractivity contribution in [1.82, 2.24) is 4.90 Å². The Bertz CT molecular complexity index is 753. The zero-order valence-electron chi connectivity index (χ0n) is 16.6. The minimum absolute atomic E-state index is 0.0355.